The molecule has 0 saturated carbocycles. The molecule has 0 amide bonds. The van der Waals surface area contributed by atoms with Gasteiger partial charge >= 0.3 is 6.85 Å². The van der Waals surface area contributed by atoms with Gasteiger partial charge in [-0.2, -0.15) is 0 Å². The highest BCUT2D eigenvalue weighted by Crippen LogP contribution is 2.57. The fraction of sp³-hybridized carbons (Fsp3) is 0.352. The molecule has 9 aromatic rings. The molecule has 376 valence electrons. The number of aryl methyl sites for hydroxylation is 1. The molecule has 3 nitrogen and oxygen atoms in total. The second-order valence-electron chi connectivity index (χ2n) is 27.7. The Hall–Kier alpha value is -6.52. The summed E-state index contributed by atoms with van der Waals surface area (Å²) in [7, 11) is 0. The molecule has 3 aliphatic carbocycles. The van der Waals surface area contributed by atoms with Gasteiger partial charge in [0.1, 0.15) is 5.58 Å². The van der Waals surface area contributed by atoms with Crippen molar-refractivity contribution in [3.05, 3.63) is 172 Å². The lowest BCUT2D eigenvalue weighted by molar-refractivity contribution is 0.332. The number of furan rings is 1. The van der Waals surface area contributed by atoms with Crippen molar-refractivity contribution in [1.29, 1.82) is 0 Å². The first-order valence-corrected chi connectivity index (χ1v) is 28.2. The average Bonchev–Trinajstić information content (AvgIpc) is 3.80. The van der Waals surface area contributed by atoms with E-state index in [9.17, 15) is 0 Å². The number of hydrogen-bond donors (Lipinski definition) is 0. The number of nitrogens with zero attached hydrogens (tertiary/aromatic N) is 2. The molecule has 0 fully saturated rings. The van der Waals surface area contributed by atoms with Crippen LogP contribution in [-0.4, -0.2) is 6.85 Å². The van der Waals surface area contributed by atoms with Gasteiger partial charge in [-0.1, -0.05) is 168 Å². The van der Waals surface area contributed by atoms with Crippen molar-refractivity contribution >= 4 is 78.9 Å². The maximum absolute atomic E-state index is 7.59. The maximum atomic E-state index is 7.59. The molecule has 14 rings (SSSR count). The zero-order valence-corrected chi connectivity index (χ0v) is 46.8. The lowest BCUT2D eigenvalue weighted by atomic mass is 9.43. The zero-order chi connectivity index (χ0) is 52.1. The van der Waals surface area contributed by atoms with Crippen LogP contribution in [0, 0.1) is 6.92 Å². The molecule has 0 saturated heterocycles. The summed E-state index contributed by atoms with van der Waals surface area (Å²) < 4.78 is 7.59. The molecule has 5 aliphatic rings. The molecule has 0 spiro atoms. The van der Waals surface area contributed by atoms with Crippen molar-refractivity contribution in [3.63, 3.8) is 0 Å². The smallest absolute Gasteiger partial charge is 0.333 e. The van der Waals surface area contributed by atoms with Crippen LogP contribution in [0.3, 0.4) is 0 Å². The monoisotopic (exact) mass is 981 g/mol. The highest BCUT2D eigenvalue weighted by molar-refractivity contribution is 6.94. The van der Waals surface area contributed by atoms with Crippen molar-refractivity contribution < 1.29 is 4.42 Å². The largest absolute Gasteiger partial charge is 0.454 e. The van der Waals surface area contributed by atoms with Crippen LogP contribution in [0.4, 0.5) is 28.4 Å². The third-order valence-electron chi connectivity index (χ3n) is 20.1. The van der Waals surface area contributed by atoms with E-state index < -0.39 is 0 Å². The van der Waals surface area contributed by atoms with Crippen LogP contribution >= 0.6 is 0 Å². The Labute approximate surface area is 446 Å². The first-order chi connectivity index (χ1) is 35.5. The third-order valence-corrected chi connectivity index (χ3v) is 20.1. The van der Waals surface area contributed by atoms with E-state index in [1.807, 2.05) is 0 Å². The normalized spacial score (nSPS) is 19.8. The number of fused-ring (bicyclic) bond motifs is 13. The summed E-state index contributed by atoms with van der Waals surface area (Å²) in [6.45, 7) is 31.6. The van der Waals surface area contributed by atoms with E-state index in [0.717, 1.165) is 36.1 Å². The lowest BCUT2D eigenvalue weighted by Crippen LogP contribution is -2.61. The van der Waals surface area contributed by atoms with E-state index in [0.29, 0.717) is 0 Å². The maximum Gasteiger partial charge on any atom is 0.333 e. The van der Waals surface area contributed by atoms with Gasteiger partial charge in [0.15, 0.2) is 5.58 Å². The quantitative estimate of drug-likeness (QED) is 0.165. The van der Waals surface area contributed by atoms with Crippen LogP contribution in [0.25, 0.3) is 55.0 Å². The fourth-order valence-electron chi connectivity index (χ4n) is 15.1. The van der Waals surface area contributed by atoms with Crippen LogP contribution in [0.2, 0.25) is 0 Å². The minimum atomic E-state index is -0.181. The van der Waals surface area contributed by atoms with E-state index in [1.165, 1.54) is 136 Å². The minimum Gasteiger partial charge on any atom is -0.454 e. The summed E-state index contributed by atoms with van der Waals surface area (Å²) in [5, 5.41) is 4.92. The van der Waals surface area contributed by atoms with Crippen molar-refractivity contribution in [2.45, 2.75) is 161 Å². The fourth-order valence-corrected chi connectivity index (χ4v) is 15.1. The van der Waals surface area contributed by atoms with Gasteiger partial charge in [-0.25, -0.2) is 0 Å². The Bertz CT molecular complexity index is 3940. The van der Waals surface area contributed by atoms with Crippen molar-refractivity contribution in [2.24, 2.45) is 0 Å². The van der Waals surface area contributed by atoms with Gasteiger partial charge in [0.05, 0.1) is 5.69 Å². The molecule has 8 aromatic carbocycles. The van der Waals surface area contributed by atoms with Gasteiger partial charge in [-0.05, 0) is 204 Å². The molecule has 75 heavy (non-hydrogen) atoms. The highest BCUT2D eigenvalue weighted by atomic mass is 16.3. The summed E-state index contributed by atoms with van der Waals surface area (Å²) in [5.74, 6) is 0. The molecule has 0 bridgehead atoms. The summed E-state index contributed by atoms with van der Waals surface area (Å²) >= 11 is 0. The van der Waals surface area contributed by atoms with E-state index >= 15 is 0 Å². The van der Waals surface area contributed by atoms with E-state index in [4.69, 9.17) is 4.42 Å². The molecule has 2 aliphatic heterocycles. The molecular formula is C71H73BN2O. The second kappa shape index (κ2) is 15.3. The molecule has 0 unspecified atom stereocenters. The summed E-state index contributed by atoms with van der Waals surface area (Å²) in [6, 6.07) is 52.6. The number of hydrogen-bond acceptors (Lipinski definition) is 3. The predicted octanol–water partition coefficient (Wildman–Crippen LogP) is 18.5. The number of rotatable bonds is 3. The Morgan fingerprint density at radius 2 is 1.03 bits per heavy atom. The highest BCUT2D eigenvalue weighted by Gasteiger charge is 2.49. The third kappa shape index (κ3) is 6.66. The van der Waals surface area contributed by atoms with E-state index in [2.05, 4.69) is 233 Å². The molecule has 0 atom stereocenters. The number of benzene rings is 8. The first-order valence-electron chi connectivity index (χ1n) is 28.2. The minimum absolute atomic E-state index is 0.0149. The number of anilines is 5. The Balaban J connectivity index is 1.14. The molecular weight excluding hydrogens is 908 g/mol. The van der Waals surface area contributed by atoms with E-state index in [1.54, 1.807) is 0 Å². The van der Waals surface area contributed by atoms with Gasteiger partial charge in [-0.3, -0.25) is 0 Å². The molecule has 0 radical (unpaired) electrons. The summed E-state index contributed by atoms with van der Waals surface area (Å²) in [6.07, 6.45) is 6.99. The first kappa shape index (κ1) is 47.0. The van der Waals surface area contributed by atoms with Gasteiger partial charge in [0, 0.05) is 39.1 Å². The Kier molecular flexibility index (Phi) is 9.60. The standard InChI is InChI=1S/C71H73BN2O/c1-42-35-52-55(70(10,11)33-31-67(52,4)5)40-58(42)73-59-36-44(43-19-15-14-16-20-43)23-28-57(59)72-63-60(73)37-45-21-17-18-22-47(45)62(63)49-26-25-48-50-39-54-56(71(12,13)34-32-69(54,8)9)41-61(50)75-65(48)64(49)74(72)46-24-27-51-53(38-46)68(6,7)30-29-66(51,2)3/h14-28,35-41H,29-34H2,1-13H3. The summed E-state index contributed by atoms with van der Waals surface area (Å²) in [5.41, 5.74) is 26.1. The molecule has 3 heterocycles. The van der Waals surface area contributed by atoms with Crippen LogP contribution in [0.15, 0.2) is 138 Å². The zero-order valence-electron chi connectivity index (χ0n) is 46.8. The van der Waals surface area contributed by atoms with Crippen molar-refractivity contribution in [1.82, 2.24) is 0 Å². The second-order valence-corrected chi connectivity index (χ2v) is 27.7. The van der Waals surface area contributed by atoms with E-state index in [-0.39, 0.29) is 39.3 Å². The van der Waals surface area contributed by atoms with Gasteiger partial charge in [0.2, 0.25) is 0 Å². The van der Waals surface area contributed by atoms with Gasteiger partial charge < -0.3 is 14.1 Å². The Morgan fingerprint density at radius 3 is 1.71 bits per heavy atom. The molecule has 4 heteroatoms. The predicted molar refractivity (Wildman–Crippen MR) is 321 cm³/mol. The molecule has 1 aromatic heterocycles. The van der Waals surface area contributed by atoms with Crippen LogP contribution in [-0.2, 0) is 32.5 Å². The molecule has 0 N–H and O–H groups in total. The van der Waals surface area contributed by atoms with Crippen LogP contribution in [0.1, 0.15) is 161 Å². The van der Waals surface area contributed by atoms with Crippen LogP contribution in [0.5, 0.6) is 0 Å². The topological polar surface area (TPSA) is 19.6 Å². The van der Waals surface area contributed by atoms with Crippen molar-refractivity contribution in [2.75, 3.05) is 9.71 Å². The summed E-state index contributed by atoms with van der Waals surface area (Å²) in [4.78, 5) is 5.43. The van der Waals surface area contributed by atoms with Crippen LogP contribution < -0.4 is 20.6 Å². The van der Waals surface area contributed by atoms with Gasteiger partial charge in [-0.15, -0.1) is 0 Å². The van der Waals surface area contributed by atoms with Crippen molar-refractivity contribution in [3.8, 4) is 22.3 Å². The van der Waals surface area contributed by atoms with Gasteiger partial charge in [0.25, 0.3) is 0 Å². The average molecular weight is 981 g/mol. The SMILES string of the molecule is Cc1cc2c(cc1N1c3cc(-c4ccccc4)ccc3B3c4c1cc1ccccc1c4-c1ccc4c(oc5cc6c(cc54)C(C)(C)CCC6(C)C)c1N3c1ccc3c(c1)C(C)(C)CCC3(C)C)C(C)(C)CCC2(C)C. The Morgan fingerprint density at radius 1 is 0.440 bits per heavy atom. The lowest BCUT2D eigenvalue weighted by Gasteiger charge is -2.48.